The number of nitrogens with zero attached hydrogens (tertiary/aromatic N) is 1. The molecule has 0 bridgehead atoms. The normalized spacial score (nSPS) is 9.56. The van der Waals surface area contributed by atoms with Crippen LogP contribution >= 0.6 is 0 Å². The number of hydroxylamine groups is 1. The second-order valence-electron chi connectivity index (χ2n) is 3.02. The van der Waals surface area contributed by atoms with E-state index in [1.165, 1.54) is 7.05 Å². The summed E-state index contributed by atoms with van der Waals surface area (Å²) in [4.78, 5) is 30.6. The summed E-state index contributed by atoms with van der Waals surface area (Å²) in [5, 5.41) is 2.36. The van der Waals surface area contributed by atoms with Crippen molar-refractivity contribution in [3.05, 3.63) is 30.1 Å². The van der Waals surface area contributed by atoms with Crippen LogP contribution in [0.1, 0.15) is 5.56 Å². The molecule has 0 aliphatic heterocycles. The molecular formula is C10H13N3O3. The predicted octanol–water partition coefficient (Wildman–Crippen LogP) is -0.582. The van der Waals surface area contributed by atoms with Gasteiger partial charge in [0, 0.05) is 19.4 Å². The number of hydrogen-bond donors (Lipinski definition) is 2. The van der Waals surface area contributed by atoms with Crippen LogP contribution < -0.4 is 10.8 Å². The molecule has 1 aromatic rings. The van der Waals surface area contributed by atoms with Crippen molar-refractivity contribution < 1.29 is 14.4 Å². The Morgan fingerprint density at radius 3 is 2.62 bits per heavy atom. The molecule has 0 aliphatic carbocycles. The molecule has 0 aromatic carbocycles. The molecule has 0 saturated heterocycles. The minimum Gasteiger partial charge on any atom is -0.357 e. The number of hydrogen-bond acceptors (Lipinski definition) is 4. The number of likely N-dealkylation sites (N-methyl/N-ethyl adjacent to an activating group) is 1. The third kappa shape index (κ3) is 4.52. The van der Waals surface area contributed by atoms with E-state index in [0.717, 1.165) is 5.56 Å². The fourth-order valence-corrected chi connectivity index (χ4v) is 0.976. The Labute approximate surface area is 93.0 Å². The summed E-state index contributed by atoms with van der Waals surface area (Å²) in [6.07, 6.45) is 3.40. The maximum absolute atomic E-state index is 11.3. The molecule has 1 rings (SSSR count). The molecule has 6 nitrogen and oxygen atoms in total. The van der Waals surface area contributed by atoms with E-state index in [9.17, 15) is 9.59 Å². The Morgan fingerprint density at radius 1 is 1.31 bits per heavy atom. The zero-order valence-electron chi connectivity index (χ0n) is 8.90. The molecule has 1 aromatic heterocycles. The number of rotatable bonds is 5. The number of amides is 2. The minimum absolute atomic E-state index is 0.191. The molecule has 86 valence electrons. The lowest BCUT2D eigenvalue weighted by molar-refractivity contribution is -0.138. The number of nitrogens with one attached hydrogen (secondary N) is 2. The van der Waals surface area contributed by atoms with Gasteiger partial charge in [-0.15, -0.1) is 0 Å². The summed E-state index contributed by atoms with van der Waals surface area (Å²) in [6.45, 7) is -0.196. The molecule has 0 fully saturated rings. The van der Waals surface area contributed by atoms with Crippen molar-refractivity contribution in [2.45, 2.75) is 6.42 Å². The molecule has 0 spiro atoms. The van der Waals surface area contributed by atoms with Crippen molar-refractivity contribution in [2.75, 3.05) is 13.7 Å². The van der Waals surface area contributed by atoms with Gasteiger partial charge in [0.25, 0.3) is 0 Å². The van der Waals surface area contributed by atoms with Crippen LogP contribution in [0.3, 0.4) is 0 Å². The highest BCUT2D eigenvalue weighted by Gasteiger charge is 2.04. The van der Waals surface area contributed by atoms with Gasteiger partial charge in [0.05, 0.1) is 6.42 Å². The Hall–Kier alpha value is -1.95. The molecule has 0 atom stereocenters. The Kier molecular flexibility index (Phi) is 4.94. The van der Waals surface area contributed by atoms with Gasteiger partial charge in [-0.25, -0.2) is 5.48 Å². The number of carbonyl (C=O) groups is 2. The van der Waals surface area contributed by atoms with Crippen molar-refractivity contribution >= 4 is 11.8 Å². The van der Waals surface area contributed by atoms with Gasteiger partial charge in [-0.1, -0.05) is 0 Å². The van der Waals surface area contributed by atoms with Gasteiger partial charge in [-0.05, 0) is 17.7 Å². The number of aromatic nitrogens is 1. The zero-order valence-corrected chi connectivity index (χ0v) is 8.90. The SMILES string of the molecule is CNC(=O)CONC(=O)Cc1ccncc1. The van der Waals surface area contributed by atoms with Crippen LogP contribution in [0.2, 0.25) is 0 Å². The van der Waals surface area contributed by atoms with Crippen molar-refractivity contribution in [1.29, 1.82) is 0 Å². The molecule has 2 N–H and O–H groups in total. The van der Waals surface area contributed by atoms with Gasteiger partial charge in [0.15, 0.2) is 6.61 Å². The summed E-state index contributed by atoms with van der Waals surface area (Å²) < 4.78 is 0. The minimum atomic E-state index is -0.310. The predicted molar refractivity (Wildman–Crippen MR) is 56.1 cm³/mol. The maximum Gasteiger partial charge on any atom is 0.248 e. The lowest BCUT2D eigenvalue weighted by atomic mass is 10.2. The van der Waals surface area contributed by atoms with Gasteiger partial charge in [-0.2, -0.15) is 0 Å². The summed E-state index contributed by atoms with van der Waals surface area (Å²) in [6, 6.07) is 3.47. The van der Waals surface area contributed by atoms with Gasteiger partial charge < -0.3 is 5.32 Å². The van der Waals surface area contributed by atoms with Crippen LogP contribution in [0, 0.1) is 0 Å². The highest BCUT2D eigenvalue weighted by Crippen LogP contribution is 1.96. The largest absolute Gasteiger partial charge is 0.357 e. The smallest absolute Gasteiger partial charge is 0.248 e. The second kappa shape index (κ2) is 6.52. The Bertz CT molecular complexity index is 354. The third-order valence-electron chi connectivity index (χ3n) is 1.78. The quantitative estimate of drug-likeness (QED) is 0.654. The molecule has 0 saturated carbocycles. The van der Waals surface area contributed by atoms with E-state index in [2.05, 4.69) is 15.8 Å². The second-order valence-corrected chi connectivity index (χ2v) is 3.02. The van der Waals surface area contributed by atoms with Crippen molar-refractivity contribution in [3.8, 4) is 0 Å². The van der Waals surface area contributed by atoms with E-state index in [1.807, 2.05) is 0 Å². The molecule has 16 heavy (non-hydrogen) atoms. The average molecular weight is 223 g/mol. The van der Waals surface area contributed by atoms with Crippen LogP contribution in [0.4, 0.5) is 0 Å². The fourth-order valence-electron chi connectivity index (χ4n) is 0.976. The molecule has 0 radical (unpaired) electrons. The molecule has 2 amide bonds. The van der Waals surface area contributed by atoms with E-state index in [1.54, 1.807) is 24.5 Å². The van der Waals surface area contributed by atoms with Crippen LogP contribution in [0.5, 0.6) is 0 Å². The van der Waals surface area contributed by atoms with Gasteiger partial charge in [-0.3, -0.25) is 19.4 Å². The summed E-state index contributed by atoms with van der Waals surface area (Å²) in [7, 11) is 1.49. The van der Waals surface area contributed by atoms with Crippen molar-refractivity contribution in [1.82, 2.24) is 15.8 Å². The van der Waals surface area contributed by atoms with Crippen LogP contribution in [-0.2, 0) is 20.8 Å². The summed E-state index contributed by atoms with van der Waals surface area (Å²) in [5.41, 5.74) is 3.01. The summed E-state index contributed by atoms with van der Waals surface area (Å²) in [5.74, 6) is -0.612. The molecular weight excluding hydrogens is 210 g/mol. The first-order chi connectivity index (χ1) is 7.72. The van der Waals surface area contributed by atoms with E-state index in [-0.39, 0.29) is 24.8 Å². The fraction of sp³-hybridized carbons (Fsp3) is 0.300. The maximum atomic E-state index is 11.3. The molecule has 0 aliphatic rings. The molecule has 6 heteroatoms. The van der Waals surface area contributed by atoms with E-state index < -0.39 is 0 Å². The van der Waals surface area contributed by atoms with Crippen LogP contribution in [0.25, 0.3) is 0 Å². The molecule has 0 unspecified atom stereocenters. The first-order valence-corrected chi connectivity index (χ1v) is 4.72. The van der Waals surface area contributed by atoms with Gasteiger partial charge in [0.2, 0.25) is 11.8 Å². The van der Waals surface area contributed by atoms with Crippen LogP contribution in [-0.4, -0.2) is 30.5 Å². The van der Waals surface area contributed by atoms with Gasteiger partial charge in [0.1, 0.15) is 0 Å². The average Bonchev–Trinajstić information content (AvgIpc) is 2.30. The van der Waals surface area contributed by atoms with Crippen LogP contribution in [0.15, 0.2) is 24.5 Å². The Balaban J connectivity index is 2.24. The first-order valence-electron chi connectivity index (χ1n) is 4.72. The number of carbonyl (C=O) groups excluding carboxylic acids is 2. The standard InChI is InChI=1S/C10H13N3O3/c1-11-10(15)7-16-13-9(14)6-8-2-4-12-5-3-8/h2-5H,6-7H2,1H3,(H,11,15)(H,13,14). The highest BCUT2D eigenvalue weighted by molar-refractivity contribution is 5.79. The summed E-state index contributed by atoms with van der Waals surface area (Å²) >= 11 is 0. The van der Waals surface area contributed by atoms with E-state index >= 15 is 0 Å². The highest BCUT2D eigenvalue weighted by atomic mass is 16.7. The monoisotopic (exact) mass is 223 g/mol. The van der Waals surface area contributed by atoms with E-state index in [4.69, 9.17) is 4.84 Å². The lowest BCUT2D eigenvalue weighted by Gasteiger charge is -2.04. The topological polar surface area (TPSA) is 80.3 Å². The van der Waals surface area contributed by atoms with Gasteiger partial charge >= 0.3 is 0 Å². The van der Waals surface area contributed by atoms with Crippen molar-refractivity contribution in [3.63, 3.8) is 0 Å². The van der Waals surface area contributed by atoms with E-state index in [0.29, 0.717) is 0 Å². The zero-order chi connectivity index (χ0) is 11.8. The first kappa shape index (κ1) is 12.1. The lowest BCUT2D eigenvalue weighted by Crippen LogP contribution is -2.31. The Morgan fingerprint density at radius 2 is 2.00 bits per heavy atom. The van der Waals surface area contributed by atoms with Crippen molar-refractivity contribution in [2.24, 2.45) is 0 Å². The third-order valence-corrected chi connectivity index (χ3v) is 1.78. The molecule has 1 heterocycles. The number of pyridine rings is 1.